The number of hydrogen-bond donors (Lipinski definition) is 1. The molecule has 0 amide bonds. The van der Waals surface area contributed by atoms with E-state index in [2.05, 4.69) is 4.74 Å². The second-order valence-electron chi connectivity index (χ2n) is 3.10. The van der Waals surface area contributed by atoms with Crippen molar-refractivity contribution in [3.8, 4) is 5.75 Å². The summed E-state index contributed by atoms with van der Waals surface area (Å²) in [6.07, 6.45) is 1.73. The van der Waals surface area contributed by atoms with E-state index < -0.39 is 12.1 Å². The van der Waals surface area contributed by atoms with E-state index in [0.717, 1.165) is 0 Å². The van der Waals surface area contributed by atoms with Crippen molar-refractivity contribution in [2.45, 2.75) is 6.10 Å². The molecule has 1 aromatic rings. The van der Waals surface area contributed by atoms with Crippen LogP contribution in [-0.2, 0) is 9.53 Å². The van der Waals surface area contributed by atoms with Crippen molar-refractivity contribution >= 4 is 5.97 Å². The van der Waals surface area contributed by atoms with Gasteiger partial charge in [-0.1, -0.05) is 12.1 Å². The summed E-state index contributed by atoms with van der Waals surface area (Å²) in [7, 11) is 2.86. The molecule has 0 saturated carbocycles. The lowest BCUT2D eigenvalue weighted by Crippen LogP contribution is -1.98. The van der Waals surface area contributed by atoms with Gasteiger partial charge in [0.15, 0.2) is 0 Å². The highest BCUT2D eigenvalue weighted by atomic mass is 16.5. The second kappa shape index (κ2) is 5.92. The molecule has 86 valence electrons. The third kappa shape index (κ3) is 3.40. The molecule has 0 aromatic heterocycles. The fourth-order valence-electron chi connectivity index (χ4n) is 1.15. The van der Waals surface area contributed by atoms with Crippen LogP contribution in [0.3, 0.4) is 0 Å². The number of rotatable bonds is 4. The number of aliphatic hydroxyl groups excluding tert-OH is 1. The van der Waals surface area contributed by atoms with Crippen LogP contribution in [0.2, 0.25) is 0 Å². The minimum atomic E-state index is -0.829. The van der Waals surface area contributed by atoms with Gasteiger partial charge in [-0.15, -0.1) is 0 Å². The molecule has 1 aromatic carbocycles. The van der Waals surface area contributed by atoms with Crippen LogP contribution in [0, 0.1) is 0 Å². The molecule has 0 aliphatic carbocycles. The Labute approximate surface area is 94.1 Å². The molecule has 0 saturated heterocycles. The molecule has 0 aliphatic heterocycles. The molecule has 0 heterocycles. The van der Waals surface area contributed by atoms with E-state index in [1.54, 1.807) is 31.4 Å². The molecule has 0 aliphatic rings. The Kier molecular flexibility index (Phi) is 4.54. The number of aliphatic hydroxyl groups is 1. The van der Waals surface area contributed by atoms with Crippen molar-refractivity contribution in [2.24, 2.45) is 0 Å². The number of carbonyl (C=O) groups excluding carboxylic acids is 1. The molecule has 1 rings (SSSR count). The van der Waals surface area contributed by atoms with Crippen molar-refractivity contribution in [1.29, 1.82) is 0 Å². The monoisotopic (exact) mass is 222 g/mol. The number of benzene rings is 1. The first-order valence-electron chi connectivity index (χ1n) is 4.75. The van der Waals surface area contributed by atoms with E-state index in [1.165, 1.54) is 19.3 Å². The summed E-state index contributed by atoms with van der Waals surface area (Å²) in [6.45, 7) is 0. The van der Waals surface area contributed by atoms with E-state index in [4.69, 9.17) is 4.74 Å². The van der Waals surface area contributed by atoms with Gasteiger partial charge in [0.25, 0.3) is 0 Å². The lowest BCUT2D eigenvalue weighted by Gasteiger charge is -2.06. The third-order valence-corrected chi connectivity index (χ3v) is 2.07. The first-order valence-corrected chi connectivity index (χ1v) is 4.75. The van der Waals surface area contributed by atoms with Crippen LogP contribution in [0.1, 0.15) is 11.7 Å². The van der Waals surface area contributed by atoms with Crippen LogP contribution >= 0.6 is 0 Å². The van der Waals surface area contributed by atoms with Gasteiger partial charge in [-0.3, -0.25) is 0 Å². The Morgan fingerprint density at radius 3 is 2.44 bits per heavy atom. The molecule has 0 fully saturated rings. The predicted octanol–water partition coefficient (Wildman–Crippen LogP) is 1.46. The van der Waals surface area contributed by atoms with Gasteiger partial charge in [-0.05, 0) is 23.8 Å². The van der Waals surface area contributed by atoms with Gasteiger partial charge in [-0.25, -0.2) is 4.79 Å². The minimum absolute atomic E-state index is 0.493. The molecule has 1 atom stereocenters. The summed E-state index contributed by atoms with van der Waals surface area (Å²) in [6, 6.07) is 6.94. The molecule has 0 bridgehead atoms. The normalized spacial score (nSPS) is 12.4. The zero-order valence-electron chi connectivity index (χ0n) is 9.21. The zero-order chi connectivity index (χ0) is 12.0. The Hall–Kier alpha value is -1.81. The van der Waals surface area contributed by atoms with Crippen LogP contribution in [-0.4, -0.2) is 25.3 Å². The lowest BCUT2D eigenvalue weighted by atomic mass is 10.1. The SMILES string of the molecule is COC(=O)/C=C/[C@H](O)c1ccc(OC)cc1. The standard InChI is InChI=1S/C12H14O4/c1-15-10-5-3-9(4-6-10)11(13)7-8-12(14)16-2/h3-8,11,13H,1-2H3/b8-7+/t11-/m0/s1. The smallest absolute Gasteiger partial charge is 0.330 e. The summed E-state index contributed by atoms with van der Waals surface area (Å²) >= 11 is 0. The maximum atomic E-state index is 10.8. The van der Waals surface area contributed by atoms with Crippen LogP contribution in [0.5, 0.6) is 5.75 Å². The first kappa shape index (κ1) is 12.3. The highest BCUT2D eigenvalue weighted by molar-refractivity contribution is 5.81. The Balaban J connectivity index is 2.69. The number of carbonyl (C=O) groups is 1. The van der Waals surface area contributed by atoms with E-state index in [0.29, 0.717) is 11.3 Å². The van der Waals surface area contributed by atoms with Crippen molar-refractivity contribution < 1.29 is 19.4 Å². The Bertz CT molecular complexity index is 367. The van der Waals surface area contributed by atoms with Crippen LogP contribution in [0.15, 0.2) is 36.4 Å². The maximum Gasteiger partial charge on any atom is 0.330 e. The summed E-state index contributed by atoms with van der Waals surface area (Å²) in [5.74, 6) is 0.223. The summed E-state index contributed by atoms with van der Waals surface area (Å²) < 4.78 is 9.41. The summed E-state index contributed by atoms with van der Waals surface area (Å²) in [5.41, 5.74) is 0.681. The van der Waals surface area contributed by atoms with Crippen molar-refractivity contribution in [3.05, 3.63) is 42.0 Å². The summed E-state index contributed by atoms with van der Waals surface area (Å²) in [5, 5.41) is 9.69. The molecular weight excluding hydrogens is 208 g/mol. The van der Waals surface area contributed by atoms with Gasteiger partial charge >= 0.3 is 5.97 Å². The van der Waals surface area contributed by atoms with E-state index in [-0.39, 0.29) is 0 Å². The van der Waals surface area contributed by atoms with Gasteiger partial charge in [0, 0.05) is 6.08 Å². The molecule has 0 unspecified atom stereocenters. The molecule has 0 spiro atoms. The Morgan fingerprint density at radius 1 is 1.31 bits per heavy atom. The van der Waals surface area contributed by atoms with Crippen LogP contribution in [0.4, 0.5) is 0 Å². The number of methoxy groups -OCH3 is 2. The number of hydrogen-bond acceptors (Lipinski definition) is 4. The quantitative estimate of drug-likeness (QED) is 0.619. The molecule has 16 heavy (non-hydrogen) atoms. The van der Waals surface area contributed by atoms with Crippen LogP contribution in [0.25, 0.3) is 0 Å². The highest BCUT2D eigenvalue weighted by Gasteiger charge is 2.04. The van der Waals surface area contributed by atoms with Crippen LogP contribution < -0.4 is 4.74 Å². The highest BCUT2D eigenvalue weighted by Crippen LogP contribution is 2.18. The fraction of sp³-hybridized carbons (Fsp3) is 0.250. The van der Waals surface area contributed by atoms with E-state index in [1.807, 2.05) is 0 Å². The predicted molar refractivity (Wildman–Crippen MR) is 59.1 cm³/mol. The molecule has 0 radical (unpaired) electrons. The molecule has 4 heteroatoms. The zero-order valence-corrected chi connectivity index (χ0v) is 9.21. The number of esters is 1. The first-order chi connectivity index (χ1) is 7.67. The minimum Gasteiger partial charge on any atom is -0.497 e. The fourth-order valence-corrected chi connectivity index (χ4v) is 1.15. The largest absolute Gasteiger partial charge is 0.497 e. The maximum absolute atomic E-state index is 10.8. The molecular formula is C12H14O4. The summed E-state index contributed by atoms with van der Waals surface area (Å²) in [4.78, 5) is 10.8. The third-order valence-electron chi connectivity index (χ3n) is 2.07. The topological polar surface area (TPSA) is 55.8 Å². The Morgan fingerprint density at radius 2 is 1.94 bits per heavy atom. The second-order valence-corrected chi connectivity index (χ2v) is 3.10. The van der Waals surface area contributed by atoms with Crippen molar-refractivity contribution in [1.82, 2.24) is 0 Å². The van der Waals surface area contributed by atoms with Gasteiger partial charge < -0.3 is 14.6 Å². The number of ether oxygens (including phenoxy) is 2. The van der Waals surface area contributed by atoms with Gasteiger partial charge in [0.05, 0.1) is 20.3 Å². The average Bonchev–Trinajstić information content (AvgIpc) is 2.35. The van der Waals surface area contributed by atoms with Gasteiger partial charge in [-0.2, -0.15) is 0 Å². The van der Waals surface area contributed by atoms with Crippen molar-refractivity contribution in [2.75, 3.05) is 14.2 Å². The van der Waals surface area contributed by atoms with E-state index >= 15 is 0 Å². The lowest BCUT2D eigenvalue weighted by molar-refractivity contribution is -0.134. The van der Waals surface area contributed by atoms with Crippen molar-refractivity contribution in [3.63, 3.8) is 0 Å². The van der Waals surface area contributed by atoms with Gasteiger partial charge in [0.1, 0.15) is 5.75 Å². The van der Waals surface area contributed by atoms with E-state index in [9.17, 15) is 9.90 Å². The van der Waals surface area contributed by atoms with Gasteiger partial charge in [0.2, 0.25) is 0 Å². The molecule has 1 N–H and O–H groups in total. The molecule has 4 nitrogen and oxygen atoms in total. The average molecular weight is 222 g/mol.